The van der Waals surface area contributed by atoms with Gasteiger partial charge in [0, 0.05) is 12.7 Å². The van der Waals surface area contributed by atoms with Gasteiger partial charge in [-0.1, -0.05) is 0 Å². The van der Waals surface area contributed by atoms with Crippen molar-refractivity contribution in [2.75, 3.05) is 18.1 Å². The fourth-order valence-corrected chi connectivity index (χ4v) is 2.27. The highest BCUT2D eigenvalue weighted by Gasteiger charge is 2.32. The minimum atomic E-state index is -0.877. The summed E-state index contributed by atoms with van der Waals surface area (Å²) in [5.41, 5.74) is 0.797. The molecule has 1 aliphatic rings. The van der Waals surface area contributed by atoms with Crippen molar-refractivity contribution in [2.45, 2.75) is 32.7 Å². The molecule has 20 heavy (non-hydrogen) atoms. The van der Waals surface area contributed by atoms with Gasteiger partial charge in [0.15, 0.2) is 0 Å². The number of carbonyl (C=O) groups excluding carboxylic acids is 1. The Labute approximate surface area is 116 Å². The largest absolute Gasteiger partial charge is 0.480 e. The Morgan fingerprint density at radius 1 is 1.55 bits per heavy atom. The first-order valence-electron chi connectivity index (χ1n) is 6.54. The van der Waals surface area contributed by atoms with Crippen molar-refractivity contribution in [3.05, 3.63) is 17.5 Å². The number of anilines is 1. The van der Waals surface area contributed by atoms with E-state index in [1.165, 1.54) is 6.20 Å². The maximum Gasteiger partial charge on any atom is 0.341 e. The smallest absolute Gasteiger partial charge is 0.341 e. The average molecular weight is 279 g/mol. The van der Waals surface area contributed by atoms with Gasteiger partial charge in [-0.05, 0) is 26.7 Å². The van der Waals surface area contributed by atoms with Crippen LogP contribution in [0.15, 0.2) is 6.20 Å². The van der Waals surface area contributed by atoms with E-state index in [2.05, 4.69) is 9.97 Å². The molecule has 108 valence electrons. The van der Waals surface area contributed by atoms with E-state index in [0.717, 1.165) is 6.42 Å². The summed E-state index contributed by atoms with van der Waals surface area (Å²) >= 11 is 0. The third-order valence-electron chi connectivity index (χ3n) is 3.26. The summed E-state index contributed by atoms with van der Waals surface area (Å²) in [6, 6.07) is -0.595. The Morgan fingerprint density at radius 3 is 2.90 bits per heavy atom. The molecule has 0 saturated carbocycles. The number of aliphatic carboxylic acids is 1. The molecule has 1 unspecified atom stereocenters. The molecule has 0 aromatic carbocycles. The second kappa shape index (κ2) is 5.85. The molecular weight excluding hydrogens is 262 g/mol. The Hall–Kier alpha value is -2.18. The van der Waals surface area contributed by atoms with E-state index in [0.29, 0.717) is 30.2 Å². The van der Waals surface area contributed by atoms with E-state index >= 15 is 0 Å². The topological polar surface area (TPSA) is 92.6 Å². The third-order valence-corrected chi connectivity index (χ3v) is 3.26. The van der Waals surface area contributed by atoms with Crippen molar-refractivity contribution < 1.29 is 19.4 Å². The van der Waals surface area contributed by atoms with Crippen molar-refractivity contribution in [3.8, 4) is 0 Å². The molecule has 2 rings (SSSR count). The Balaban J connectivity index is 2.25. The van der Waals surface area contributed by atoms with Crippen molar-refractivity contribution in [3.63, 3.8) is 0 Å². The van der Waals surface area contributed by atoms with Crippen LogP contribution in [0.25, 0.3) is 0 Å². The fraction of sp³-hybridized carbons (Fsp3) is 0.538. The first-order chi connectivity index (χ1) is 9.54. The maximum atomic E-state index is 11.7. The summed E-state index contributed by atoms with van der Waals surface area (Å²) in [4.78, 5) is 32.8. The predicted octanol–water partition coefficient (Wildman–Crippen LogP) is 1.02. The highest BCUT2D eigenvalue weighted by Crippen LogP contribution is 2.23. The van der Waals surface area contributed by atoms with Crippen LogP contribution in [0.4, 0.5) is 5.95 Å². The zero-order valence-corrected chi connectivity index (χ0v) is 11.5. The minimum absolute atomic E-state index is 0.285. The van der Waals surface area contributed by atoms with Gasteiger partial charge in [-0.15, -0.1) is 0 Å². The summed E-state index contributed by atoms with van der Waals surface area (Å²) in [6.45, 7) is 4.30. The molecular formula is C13H17N3O4. The molecule has 1 aliphatic heterocycles. The van der Waals surface area contributed by atoms with E-state index in [1.54, 1.807) is 18.7 Å². The SMILES string of the molecule is CCOC(=O)c1cnc(N2CCCC2C(=O)O)nc1C. The lowest BCUT2D eigenvalue weighted by atomic mass is 10.2. The van der Waals surface area contributed by atoms with Crippen LogP contribution in [0.2, 0.25) is 0 Å². The number of hydrogen-bond donors (Lipinski definition) is 1. The van der Waals surface area contributed by atoms with Gasteiger partial charge in [0.1, 0.15) is 6.04 Å². The first kappa shape index (κ1) is 14.2. The molecule has 7 nitrogen and oxygen atoms in total. The molecule has 0 spiro atoms. The van der Waals surface area contributed by atoms with Crippen LogP contribution >= 0.6 is 0 Å². The van der Waals surface area contributed by atoms with Gasteiger partial charge >= 0.3 is 11.9 Å². The Morgan fingerprint density at radius 2 is 2.30 bits per heavy atom. The number of carboxylic acids is 1. The van der Waals surface area contributed by atoms with Crippen LogP contribution < -0.4 is 4.90 Å². The van der Waals surface area contributed by atoms with Crippen LogP contribution in [-0.4, -0.2) is 46.2 Å². The van der Waals surface area contributed by atoms with Crippen molar-refractivity contribution in [1.29, 1.82) is 0 Å². The zero-order chi connectivity index (χ0) is 14.7. The predicted molar refractivity (Wildman–Crippen MR) is 70.7 cm³/mol. The molecule has 1 atom stereocenters. The molecule has 1 aromatic rings. The molecule has 0 aliphatic carbocycles. The lowest BCUT2D eigenvalue weighted by Crippen LogP contribution is -2.37. The van der Waals surface area contributed by atoms with Crippen LogP contribution in [0.1, 0.15) is 35.8 Å². The number of nitrogens with zero attached hydrogens (tertiary/aromatic N) is 3. The molecule has 0 amide bonds. The number of aryl methyl sites for hydroxylation is 1. The van der Waals surface area contributed by atoms with E-state index in [4.69, 9.17) is 9.84 Å². The highest BCUT2D eigenvalue weighted by molar-refractivity contribution is 5.90. The van der Waals surface area contributed by atoms with E-state index in [9.17, 15) is 9.59 Å². The quantitative estimate of drug-likeness (QED) is 0.822. The number of aromatic nitrogens is 2. The van der Waals surface area contributed by atoms with Crippen LogP contribution in [0.5, 0.6) is 0 Å². The number of hydrogen-bond acceptors (Lipinski definition) is 6. The van der Waals surface area contributed by atoms with Gasteiger partial charge in [-0.25, -0.2) is 19.6 Å². The third kappa shape index (κ3) is 2.71. The van der Waals surface area contributed by atoms with Gasteiger partial charge < -0.3 is 14.7 Å². The van der Waals surface area contributed by atoms with Gasteiger partial charge in [-0.2, -0.15) is 0 Å². The van der Waals surface area contributed by atoms with E-state index in [1.807, 2.05) is 0 Å². The number of esters is 1. The molecule has 1 saturated heterocycles. The number of carboxylic acid groups (broad SMARTS) is 1. The first-order valence-corrected chi connectivity index (χ1v) is 6.54. The number of rotatable bonds is 4. The molecule has 1 fully saturated rings. The van der Waals surface area contributed by atoms with E-state index in [-0.39, 0.29) is 6.61 Å². The molecule has 0 bridgehead atoms. The molecule has 7 heteroatoms. The lowest BCUT2D eigenvalue weighted by molar-refractivity contribution is -0.138. The number of ether oxygens (including phenoxy) is 1. The van der Waals surface area contributed by atoms with Crippen LogP contribution in [0.3, 0.4) is 0 Å². The van der Waals surface area contributed by atoms with Crippen molar-refractivity contribution in [2.24, 2.45) is 0 Å². The molecule has 1 aromatic heterocycles. The van der Waals surface area contributed by atoms with Crippen LogP contribution in [-0.2, 0) is 9.53 Å². The summed E-state index contributed by atoms with van der Waals surface area (Å²) in [5.74, 6) is -0.994. The van der Waals surface area contributed by atoms with Crippen LogP contribution in [0, 0.1) is 6.92 Å². The maximum absolute atomic E-state index is 11.7. The zero-order valence-electron chi connectivity index (χ0n) is 11.5. The fourth-order valence-electron chi connectivity index (χ4n) is 2.27. The van der Waals surface area contributed by atoms with Gasteiger partial charge in [0.25, 0.3) is 0 Å². The highest BCUT2D eigenvalue weighted by atomic mass is 16.5. The Kier molecular flexibility index (Phi) is 4.16. The molecule has 1 N–H and O–H groups in total. The van der Waals surface area contributed by atoms with Gasteiger partial charge in [0.2, 0.25) is 5.95 Å². The molecule has 2 heterocycles. The summed E-state index contributed by atoms with van der Waals surface area (Å²) in [5, 5.41) is 9.16. The number of carbonyl (C=O) groups is 2. The Bertz CT molecular complexity index is 532. The van der Waals surface area contributed by atoms with Gasteiger partial charge in [-0.3, -0.25) is 0 Å². The summed E-state index contributed by atoms with van der Waals surface area (Å²) in [7, 11) is 0. The average Bonchev–Trinajstić information content (AvgIpc) is 2.88. The standard InChI is InChI=1S/C13H17N3O4/c1-3-20-12(19)9-7-14-13(15-8(9)2)16-6-4-5-10(16)11(17)18/h7,10H,3-6H2,1-2H3,(H,17,18). The van der Waals surface area contributed by atoms with Crippen molar-refractivity contribution in [1.82, 2.24) is 9.97 Å². The second-order valence-electron chi connectivity index (χ2n) is 4.58. The lowest BCUT2D eigenvalue weighted by Gasteiger charge is -2.21. The summed E-state index contributed by atoms with van der Waals surface area (Å²) in [6.07, 6.45) is 2.77. The minimum Gasteiger partial charge on any atom is -0.480 e. The van der Waals surface area contributed by atoms with Crippen molar-refractivity contribution >= 4 is 17.9 Å². The monoisotopic (exact) mass is 279 g/mol. The van der Waals surface area contributed by atoms with E-state index < -0.39 is 18.0 Å². The normalized spacial score (nSPS) is 18.1. The summed E-state index contributed by atoms with van der Waals surface area (Å²) < 4.78 is 4.91. The second-order valence-corrected chi connectivity index (χ2v) is 4.58. The van der Waals surface area contributed by atoms with Gasteiger partial charge in [0.05, 0.1) is 17.9 Å². The molecule has 0 radical (unpaired) electrons.